The Kier molecular flexibility index (Phi) is 4.66. The first kappa shape index (κ1) is 15.6. The highest BCUT2D eigenvalue weighted by Gasteiger charge is 2.10. The van der Waals surface area contributed by atoms with Crippen LogP contribution in [0.1, 0.15) is 22.6 Å². The number of nitrogens with zero attached hydrogens (tertiary/aromatic N) is 2. The lowest BCUT2D eigenvalue weighted by Crippen LogP contribution is -2.00. The Labute approximate surface area is 124 Å². The van der Waals surface area contributed by atoms with Gasteiger partial charge in [0.1, 0.15) is 5.82 Å². The molecule has 0 spiro atoms. The molecule has 0 saturated heterocycles. The van der Waals surface area contributed by atoms with E-state index in [1.807, 2.05) is 20.0 Å². The van der Waals surface area contributed by atoms with E-state index in [9.17, 15) is 8.42 Å². The summed E-state index contributed by atoms with van der Waals surface area (Å²) in [5, 5.41) is 3.21. The van der Waals surface area contributed by atoms with Gasteiger partial charge in [0.05, 0.1) is 10.6 Å². The van der Waals surface area contributed by atoms with Crippen molar-refractivity contribution in [1.29, 1.82) is 0 Å². The Hall–Kier alpha value is -1.83. The molecule has 1 aromatic heterocycles. The third-order valence-electron chi connectivity index (χ3n) is 3.00. The van der Waals surface area contributed by atoms with Crippen LogP contribution in [0.5, 0.6) is 0 Å². The Bertz CT molecular complexity index is 728. The lowest BCUT2D eigenvalue weighted by molar-refractivity contribution is 0.483. The minimum absolute atomic E-state index is 0.0666. The zero-order chi connectivity index (χ0) is 15.5. The first-order chi connectivity index (χ1) is 9.86. The molecule has 0 saturated carbocycles. The van der Waals surface area contributed by atoms with E-state index in [0.29, 0.717) is 0 Å². The van der Waals surface area contributed by atoms with Gasteiger partial charge in [0.25, 0.3) is 10.1 Å². The summed E-state index contributed by atoms with van der Waals surface area (Å²) >= 11 is 0. The molecular formula is C14H17N3O3S. The molecule has 1 aromatic carbocycles. The molecule has 0 atom stereocenters. The van der Waals surface area contributed by atoms with Gasteiger partial charge in [-0.3, -0.25) is 4.55 Å². The molecule has 0 bridgehead atoms. The van der Waals surface area contributed by atoms with Gasteiger partial charge >= 0.3 is 0 Å². The van der Waals surface area contributed by atoms with E-state index in [0.717, 1.165) is 30.2 Å². The molecule has 3 rings (SSSR count). The Morgan fingerprint density at radius 3 is 2.43 bits per heavy atom. The summed E-state index contributed by atoms with van der Waals surface area (Å²) in [4.78, 5) is 8.31. The van der Waals surface area contributed by atoms with Crippen LogP contribution < -0.4 is 5.32 Å². The normalized spacial score (nSPS) is 13.3. The van der Waals surface area contributed by atoms with E-state index in [1.165, 1.54) is 17.7 Å². The lowest BCUT2D eigenvalue weighted by Gasteiger charge is -1.95. The molecular weight excluding hydrogens is 290 g/mol. The Balaban J connectivity index is 0.000000154. The number of aromatic nitrogens is 2. The van der Waals surface area contributed by atoms with Crippen molar-refractivity contribution in [2.24, 2.45) is 0 Å². The van der Waals surface area contributed by atoms with Crippen molar-refractivity contribution in [1.82, 2.24) is 15.3 Å². The zero-order valence-corrected chi connectivity index (χ0v) is 12.7. The number of aryl methyl sites for hydroxylation is 2. The van der Waals surface area contributed by atoms with Crippen LogP contribution in [0.4, 0.5) is 0 Å². The lowest BCUT2D eigenvalue weighted by atomic mass is 10.2. The summed E-state index contributed by atoms with van der Waals surface area (Å²) in [6, 6.07) is 5.99. The maximum atomic E-state index is 10.5. The van der Waals surface area contributed by atoms with Gasteiger partial charge in [0.2, 0.25) is 0 Å². The van der Waals surface area contributed by atoms with Gasteiger partial charge in [-0.25, -0.2) is 9.97 Å². The number of rotatable bonds is 1. The first-order valence-electron chi connectivity index (χ1n) is 6.42. The number of hydrogen-bond acceptors (Lipinski definition) is 5. The van der Waals surface area contributed by atoms with Gasteiger partial charge in [-0.1, -0.05) is 17.7 Å². The number of nitrogens with one attached hydrogen (secondary N) is 1. The third-order valence-corrected chi connectivity index (χ3v) is 3.87. The van der Waals surface area contributed by atoms with E-state index in [4.69, 9.17) is 4.55 Å². The number of fused-ring (bicyclic) bond motifs is 1. The molecule has 0 unspecified atom stereocenters. The van der Waals surface area contributed by atoms with E-state index in [1.54, 1.807) is 12.1 Å². The molecule has 2 aromatic rings. The second kappa shape index (κ2) is 6.30. The van der Waals surface area contributed by atoms with Gasteiger partial charge in [0, 0.05) is 24.8 Å². The number of benzene rings is 1. The monoisotopic (exact) mass is 307 g/mol. The summed E-state index contributed by atoms with van der Waals surface area (Å²) in [5.41, 5.74) is 3.36. The highest BCUT2D eigenvalue weighted by Crippen LogP contribution is 2.10. The third kappa shape index (κ3) is 4.32. The van der Waals surface area contributed by atoms with Crippen LogP contribution in [-0.2, 0) is 23.2 Å². The average Bonchev–Trinajstić information content (AvgIpc) is 2.86. The van der Waals surface area contributed by atoms with Gasteiger partial charge in [0.15, 0.2) is 0 Å². The van der Waals surface area contributed by atoms with Crippen molar-refractivity contribution in [3.05, 3.63) is 53.1 Å². The van der Waals surface area contributed by atoms with E-state index in [2.05, 4.69) is 15.3 Å². The maximum absolute atomic E-state index is 10.5. The highest BCUT2D eigenvalue weighted by atomic mass is 32.2. The average molecular weight is 307 g/mol. The minimum Gasteiger partial charge on any atom is -0.307 e. The van der Waals surface area contributed by atoms with Crippen molar-refractivity contribution in [3.63, 3.8) is 0 Å². The van der Waals surface area contributed by atoms with Crippen LogP contribution in [0.15, 0.2) is 35.4 Å². The fourth-order valence-corrected chi connectivity index (χ4v) is 2.35. The van der Waals surface area contributed by atoms with Gasteiger partial charge in [-0.05, 0) is 26.0 Å². The van der Waals surface area contributed by atoms with Crippen molar-refractivity contribution >= 4 is 10.1 Å². The molecule has 21 heavy (non-hydrogen) atoms. The Morgan fingerprint density at radius 1 is 1.14 bits per heavy atom. The molecule has 2 heterocycles. The second-order valence-electron chi connectivity index (χ2n) is 4.78. The van der Waals surface area contributed by atoms with Gasteiger partial charge < -0.3 is 5.32 Å². The van der Waals surface area contributed by atoms with Crippen molar-refractivity contribution in [2.45, 2.75) is 31.8 Å². The van der Waals surface area contributed by atoms with Gasteiger partial charge in [-0.15, -0.1) is 0 Å². The smallest absolute Gasteiger partial charge is 0.294 e. The quantitative estimate of drug-likeness (QED) is 0.778. The molecule has 0 aliphatic carbocycles. The van der Waals surface area contributed by atoms with E-state index >= 15 is 0 Å². The molecule has 1 aliphatic heterocycles. The maximum Gasteiger partial charge on any atom is 0.294 e. The summed E-state index contributed by atoms with van der Waals surface area (Å²) in [5.74, 6) is 0.863. The topological polar surface area (TPSA) is 92.2 Å². The standard InChI is InChI=1S/C7H9N3.C7H8O3S/c1-5-9-3-6-2-8-4-7(6)10-5;1-6-2-4-7(5-3-6)11(8,9)10/h3,8H,2,4H2,1H3;2-5H,1H3,(H,8,9,10). The van der Waals surface area contributed by atoms with Crippen LogP contribution in [0.3, 0.4) is 0 Å². The molecule has 0 radical (unpaired) electrons. The van der Waals surface area contributed by atoms with Crippen LogP contribution in [0, 0.1) is 13.8 Å². The largest absolute Gasteiger partial charge is 0.307 e. The summed E-state index contributed by atoms with van der Waals surface area (Å²) in [6.45, 7) is 5.58. The summed E-state index contributed by atoms with van der Waals surface area (Å²) in [6.07, 6.45) is 1.90. The molecule has 0 amide bonds. The molecule has 2 N–H and O–H groups in total. The number of hydrogen-bond donors (Lipinski definition) is 2. The molecule has 112 valence electrons. The fraction of sp³-hybridized carbons (Fsp3) is 0.286. The summed E-state index contributed by atoms with van der Waals surface area (Å²) in [7, 11) is -4.02. The van der Waals surface area contributed by atoms with Crippen molar-refractivity contribution in [3.8, 4) is 0 Å². The van der Waals surface area contributed by atoms with E-state index < -0.39 is 10.1 Å². The molecule has 6 nitrogen and oxygen atoms in total. The predicted octanol–water partition coefficient (Wildman–Crippen LogP) is 1.63. The molecule has 0 fully saturated rings. The van der Waals surface area contributed by atoms with Crippen LogP contribution >= 0.6 is 0 Å². The molecule has 7 heteroatoms. The SMILES string of the molecule is Cc1ccc(S(=O)(=O)O)cc1.Cc1ncc2c(n1)CNC2. The predicted molar refractivity (Wildman–Crippen MR) is 78.3 cm³/mol. The van der Waals surface area contributed by atoms with Crippen molar-refractivity contribution in [2.75, 3.05) is 0 Å². The zero-order valence-electron chi connectivity index (χ0n) is 11.9. The van der Waals surface area contributed by atoms with E-state index in [-0.39, 0.29) is 4.90 Å². The minimum atomic E-state index is -4.02. The second-order valence-corrected chi connectivity index (χ2v) is 6.20. The van der Waals surface area contributed by atoms with Crippen LogP contribution in [-0.4, -0.2) is 22.9 Å². The Morgan fingerprint density at radius 2 is 1.81 bits per heavy atom. The van der Waals surface area contributed by atoms with Crippen LogP contribution in [0.25, 0.3) is 0 Å². The molecule has 1 aliphatic rings. The van der Waals surface area contributed by atoms with Gasteiger partial charge in [-0.2, -0.15) is 8.42 Å². The highest BCUT2D eigenvalue weighted by molar-refractivity contribution is 7.85. The first-order valence-corrected chi connectivity index (χ1v) is 7.86. The summed E-state index contributed by atoms with van der Waals surface area (Å²) < 4.78 is 29.6. The van der Waals surface area contributed by atoms with Crippen LogP contribution in [0.2, 0.25) is 0 Å². The fourth-order valence-electron chi connectivity index (χ4n) is 1.87. The van der Waals surface area contributed by atoms with Crippen molar-refractivity contribution < 1.29 is 13.0 Å².